The minimum Gasteiger partial charge on any atom is -0.457 e. The summed E-state index contributed by atoms with van der Waals surface area (Å²) in [5.41, 5.74) is 7.85. The van der Waals surface area contributed by atoms with Gasteiger partial charge in [0, 0.05) is 0 Å². The molecule has 25 heavy (non-hydrogen) atoms. The molecular formula is C20H22N2O3. The van der Waals surface area contributed by atoms with Crippen LogP contribution < -0.4 is 15.8 Å². The van der Waals surface area contributed by atoms with Crippen LogP contribution in [0.3, 0.4) is 0 Å². The van der Waals surface area contributed by atoms with Crippen LogP contribution in [0.15, 0.2) is 42.5 Å². The normalized spacial score (nSPS) is 13.3. The molecule has 130 valence electrons. The second-order valence-electron chi connectivity index (χ2n) is 6.19. The molecule has 0 spiro atoms. The van der Waals surface area contributed by atoms with E-state index in [0.717, 1.165) is 32.2 Å². The standard InChI is InChI=1S/C20H22N2O3/c21-11-3-1-2-6-14-7-4-9-16(12-14)25-17-10-5-8-15-13-18(23)22-20(24)19(15)17/h4-5,7-10,12H,1-3,6,11,13,21H2,(H,22,23,24). The number of nitrogens with one attached hydrogen (secondary N) is 1. The number of imide groups is 1. The number of hydrogen-bond acceptors (Lipinski definition) is 4. The summed E-state index contributed by atoms with van der Waals surface area (Å²) in [6, 6.07) is 13.2. The molecule has 0 saturated heterocycles. The van der Waals surface area contributed by atoms with Crippen LogP contribution in [0.2, 0.25) is 0 Å². The maximum Gasteiger partial charge on any atom is 0.261 e. The molecule has 2 aromatic rings. The fourth-order valence-electron chi connectivity index (χ4n) is 3.01. The van der Waals surface area contributed by atoms with Gasteiger partial charge in [0.15, 0.2) is 0 Å². The van der Waals surface area contributed by atoms with Crippen LogP contribution in [0.4, 0.5) is 0 Å². The number of aryl methyl sites for hydroxylation is 1. The minimum absolute atomic E-state index is 0.194. The number of rotatable bonds is 7. The van der Waals surface area contributed by atoms with Crippen molar-refractivity contribution in [2.45, 2.75) is 32.1 Å². The van der Waals surface area contributed by atoms with E-state index in [-0.39, 0.29) is 12.3 Å². The number of unbranched alkanes of at least 4 members (excludes halogenated alkanes) is 2. The summed E-state index contributed by atoms with van der Waals surface area (Å²) < 4.78 is 5.96. The van der Waals surface area contributed by atoms with Crippen molar-refractivity contribution >= 4 is 11.8 Å². The van der Waals surface area contributed by atoms with E-state index >= 15 is 0 Å². The van der Waals surface area contributed by atoms with Gasteiger partial charge in [-0.1, -0.05) is 30.7 Å². The van der Waals surface area contributed by atoms with Crippen LogP contribution in [0.25, 0.3) is 0 Å². The van der Waals surface area contributed by atoms with Gasteiger partial charge in [-0.05, 0) is 55.1 Å². The number of hydrogen-bond donors (Lipinski definition) is 2. The first kappa shape index (κ1) is 17.2. The van der Waals surface area contributed by atoms with Crippen LogP contribution in [-0.2, 0) is 17.6 Å². The zero-order valence-electron chi connectivity index (χ0n) is 14.1. The summed E-state index contributed by atoms with van der Waals surface area (Å²) in [4.78, 5) is 23.7. The van der Waals surface area contributed by atoms with Crippen molar-refractivity contribution in [3.63, 3.8) is 0 Å². The Bertz CT molecular complexity index is 786. The molecule has 1 aliphatic rings. The van der Waals surface area contributed by atoms with Crippen molar-refractivity contribution in [3.8, 4) is 11.5 Å². The average molecular weight is 338 g/mol. The van der Waals surface area contributed by atoms with E-state index < -0.39 is 5.91 Å². The molecule has 1 heterocycles. The predicted octanol–water partition coefficient (Wildman–Crippen LogP) is 2.96. The molecule has 0 aliphatic carbocycles. The van der Waals surface area contributed by atoms with Gasteiger partial charge in [0.2, 0.25) is 5.91 Å². The molecule has 5 heteroatoms. The highest BCUT2D eigenvalue weighted by atomic mass is 16.5. The summed E-state index contributed by atoms with van der Waals surface area (Å²) in [5.74, 6) is 0.478. The number of carbonyl (C=O) groups is 2. The van der Waals surface area contributed by atoms with Gasteiger partial charge >= 0.3 is 0 Å². The fraction of sp³-hybridized carbons (Fsp3) is 0.300. The Hall–Kier alpha value is -2.66. The molecule has 2 aromatic carbocycles. The molecule has 3 rings (SSSR count). The lowest BCUT2D eigenvalue weighted by molar-refractivity contribution is -0.119. The third kappa shape index (κ3) is 4.25. The van der Waals surface area contributed by atoms with Gasteiger partial charge in [0.05, 0.1) is 12.0 Å². The van der Waals surface area contributed by atoms with Crippen molar-refractivity contribution < 1.29 is 14.3 Å². The van der Waals surface area contributed by atoms with E-state index in [1.165, 1.54) is 5.56 Å². The average Bonchev–Trinajstić information content (AvgIpc) is 2.59. The van der Waals surface area contributed by atoms with E-state index in [1.54, 1.807) is 18.2 Å². The highest BCUT2D eigenvalue weighted by molar-refractivity contribution is 6.11. The van der Waals surface area contributed by atoms with Gasteiger partial charge in [-0.15, -0.1) is 0 Å². The second-order valence-corrected chi connectivity index (χ2v) is 6.19. The SMILES string of the molecule is NCCCCCc1cccc(Oc2cccc3c2C(=O)NC(=O)C3)c1. The van der Waals surface area contributed by atoms with Crippen LogP contribution >= 0.6 is 0 Å². The highest BCUT2D eigenvalue weighted by Crippen LogP contribution is 2.30. The lowest BCUT2D eigenvalue weighted by Gasteiger charge is -2.18. The van der Waals surface area contributed by atoms with Crippen molar-refractivity contribution in [2.24, 2.45) is 5.73 Å². The molecule has 2 amide bonds. The highest BCUT2D eigenvalue weighted by Gasteiger charge is 2.26. The van der Waals surface area contributed by atoms with Crippen LogP contribution in [0.5, 0.6) is 11.5 Å². The zero-order chi connectivity index (χ0) is 17.6. The van der Waals surface area contributed by atoms with Crippen molar-refractivity contribution in [1.29, 1.82) is 0 Å². The quantitative estimate of drug-likeness (QED) is 0.601. The van der Waals surface area contributed by atoms with Gasteiger partial charge in [-0.25, -0.2) is 0 Å². The molecular weight excluding hydrogens is 316 g/mol. The van der Waals surface area contributed by atoms with Gasteiger partial charge in [-0.3, -0.25) is 14.9 Å². The first-order valence-corrected chi connectivity index (χ1v) is 8.60. The Morgan fingerprint density at radius 2 is 1.88 bits per heavy atom. The number of nitrogens with two attached hydrogens (primary N) is 1. The van der Waals surface area contributed by atoms with E-state index in [9.17, 15) is 9.59 Å². The number of carbonyl (C=O) groups excluding carboxylic acids is 2. The Labute approximate surface area is 147 Å². The molecule has 0 bridgehead atoms. The van der Waals surface area contributed by atoms with E-state index in [0.29, 0.717) is 22.6 Å². The minimum atomic E-state index is -0.403. The second kappa shape index (κ2) is 7.94. The third-order valence-corrected chi connectivity index (χ3v) is 4.24. The smallest absolute Gasteiger partial charge is 0.261 e. The number of amides is 2. The molecule has 0 fully saturated rings. The predicted molar refractivity (Wildman–Crippen MR) is 95.7 cm³/mol. The topological polar surface area (TPSA) is 81.4 Å². The Kier molecular flexibility index (Phi) is 5.46. The Morgan fingerprint density at radius 1 is 1.04 bits per heavy atom. The van der Waals surface area contributed by atoms with Crippen LogP contribution in [-0.4, -0.2) is 18.4 Å². The summed E-state index contributed by atoms with van der Waals surface area (Å²) in [5, 5.41) is 2.34. The van der Waals surface area contributed by atoms with E-state index in [1.807, 2.05) is 18.2 Å². The number of fused-ring (bicyclic) bond motifs is 1. The summed E-state index contributed by atoms with van der Waals surface area (Å²) in [7, 11) is 0. The molecule has 0 saturated carbocycles. The zero-order valence-corrected chi connectivity index (χ0v) is 14.1. The Morgan fingerprint density at radius 3 is 2.72 bits per heavy atom. The summed E-state index contributed by atoms with van der Waals surface area (Å²) in [6.45, 7) is 0.729. The molecule has 0 radical (unpaired) electrons. The van der Waals surface area contributed by atoms with Crippen molar-refractivity contribution in [3.05, 3.63) is 59.2 Å². The van der Waals surface area contributed by atoms with Crippen LogP contribution in [0.1, 0.15) is 40.7 Å². The van der Waals surface area contributed by atoms with Gasteiger partial charge in [-0.2, -0.15) is 0 Å². The molecule has 1 aliphatic heterocycles. The van der Waals surface area contributed by atoms with Crippen LogP contribution in [0, 0.1) is 0 Å². The molecule has 5 nitrogen and oxygen atoms in total. The fourth-order valence-corrected chi connectivity index (χ4v) is 3.01. The van der Waals surface area contributed by atoms with E-state index in [4.69, 9.17) is 10.5 Å². The maximum atomic E-state index is 12.2. The molecule has 0 atom stereocenters. The largest absolute Gasteiger partial charge is 0.457 e. The maximum absolute atomic E-state index is 12.2. The van der Waals surface area contributed by atoms with Gasteiger partial charge < -0.3 is 10.5 Å². The van der Waals surface area contributed by atoms with Gasteiger partial charge in [0.1, 0.15) is 11.5 Å². The summed E-state index contributed by atoms with van der Waals surface area (Å²) >= 11 is 0. The lowest BCUT2D eigenvalue weighted by atomic mass is 9.99. The lowest BCUT2D eigenvalue weighted by Crippen LogP contribution is -2.37. The molecule has 0 unspecified atom stereocenters. The van der Waals surface area contributed by atoms with Crippen molar-refractivity contribution in [2.75, 3.05) is 6.54 Å². The van der Waals surface area contributed by atoms with E-state index in [2.05, 4.69) is 11.4 Å². The van der Waals surface area contributed by atoms with Crippen molar-refractivity contribution in [1.82, 2.24) is 5.32 Å². The molecule has 3 N–H and O–H groups in total. The number of benzene rings is 2. The molecule has 0 aromatic heterocycles. The first-order valence-electron chi connectivity index (χ1n) is 8.60. The van der Waals surface area contributed by atoms with Gasteiger partial charge in [0.25, 0.3) is 5.91 Å². The number of ether oxygens (including phenoxy) is 1. The third-order valence-electron chi connectivity index (χ3n) is 4.24. The Balaban J connectivity index is 1.76. The first-order chi connectivity index (χ1) is 12.2. The monoisotopic (exact) mass is 338 g/mol. The summed E-state index contributed by atoms with van der Waals surface area (Å²) in [6.07, 6.45) is 4.41.